The molecular weight excluding hydrogens is 242 g/mol. The summed E-state index contributed by atoms with van der Waals surface area (Å²) in [4.78, 5) is 0. The quantitative estimate of drug-likeness (QED) is 0.815. The van der Waals surface area contributed by atoms with Crippen molar-refractivity contribution < 1.29 is 0 Å². The van der Waals surface area contributed by atoms with Crippen molar-refractivity contribution in [2.24, 2.45) is 5.92 Å². The van der Waals surface area contributed by atoms with Gasteiger partial charge in [-0.2, -0.15) is 0 Å². The van der Waals surface area contributed by atoms with Crippen molar-refractivity contribution in [2.45, 2.75) is 45.1 Å². The molecule has 2 aromatic rings. The van der Waals surface area contributed by atoms with Crippen LogP contribution in [-0.4, -0.2) is 6.54 Å². The van der Waals surface area contributed by atoms with Crippen LogP contribution in [0.4, 0.5) is 0 Å². The van der Waals surface area contributed by atoms with E-state index in [2.05, 4.69) is 54.7 Å². The van der Waals surface area contributed by atoms with E-state index in [0.717, 1.165) is 5.92 Å². The Morgan fingerprint density at radius 2 is 1.75 bits per heavy atom. The summed E-state index contributed by atoms with van der Waals surface area (Å²) < 4.78 is 0. The molecule has 1 heteroatoms. The van der Waals surface area contributed by atoms with Gasteiger partial charge < -0.3 is 5.32 Å². The lowest BCUT2D eigenvalue weighted by Gasteiger charge is -2.24. The molecule has 1 saturated carbocycles. The molecule has 0 saturated heterocycles. The Kier molecular flexibility index (Phi) is 4.37. The SMILES string of the molecule is CC(NCC1CCCCC1)c1cccc2ccccc12. The van der Waals surface area contributed by atoms with Gasteiger partial charge >= 0.3 is 0 Å². The van der Waals surface area contributed by atoms with E-state index in [4.69, 9.17) is 0 Å². The predicted octanol–water partition coefficient (Wildman–Crippen LogP) is 5.07. The van der Waals surface area contributed by atoms with Gasteiger partial charge in [-0.05, 0) is 48.6 Å². The monoisotopic (exact) mass is 267 g/mol. The molecule has 0 bridgehead atoms. The van der Waals surface area contributed by atoms with Gasteiger partial charge in [0.2, 0.25) is 0 Å². The summed E-state index contributed by atoms with van der Waals surface area (Å²) in [6.45, 7) is 3.47. The van der Waals surface area contributed by atoms with Crippen LogP contribution >= 0.6 is 0 Å². The van der Waals surface area contributed by atoms with Gasteiger partial charge in [0, 0.05) is 6.04 Å². The maximum Gasteiger partial charge on any atom is 0.0298 e. The minimum absolute atomic E-state index is 0.433. The molecule has 20 heavy (non-hydrogen) atoms. The molecule has 0 aliphatic heterocycles. The molecule has 0 spiro atoms. The van der Waals surface area contributed by atoms with E-state index in [1.807, 2.05) is 0 Å². The van der Waals surface area contributed by atoms with Crippen molar-refractivity contribution in [1.29, 1.82) is 0 Å². The summed E-state index contributed by atoms with van der Waals surface area (Å²) in [7, 11) is 0. The smallest absolute Gasteiger partial charge is 0.0298 e. The number of rotatable bonds is 4. The lowest BCUT2D eigenvalue weighted by atomic mass is 9.89. The molecule has 1 fully saturated rings. The zero-order valence-corrected chi connectivity index (χ0v) is 12.4. The van der Waals surface area contributed by atoms with Crippen LogP contribution in [0.3, 0.4) is 0 Å². The normalized spacial score (nSPS) is 18.2. The van der Waals surface area contributed by atoms with Crippen molar-refractivity contribution >= 4 is 10.8 Å². The number of nitrogens with one attached hydrogen (secondary N) is 1. The average Bonchev–Trinajstić information content (AvgIpc) is 2.53. The highest BCUT2D eigenvalue weighted by Crippen LogP contribution is 2.26. The molecule has 2 aromatic carbocycles. The summed E-state index contributed by atoms with van der Waals surface area (Å²) in [6, 6.07) is 15.8. The molecule has 106 valence electrons. The summed E-state index contributed by atoms with van der Waals surface area (Å²) >= 11 is 0. The van der Waals surface area contributed by atoms with Crippen LogP contribution in [0.5, 0.6) is 0 Å². The Morgan fingerprint density at radius 3 is 2.60 bits per heavy atom. The van der Waals surface area contributed by atoms with Crippen molar-refractivity contribution in [1.82, 2.24) is 5.32 Å². The first-order valence-corrected chi connectivity index (χ1v) is 8.05. The molecule has 1 nitrogen and oxygen atoms in total. The summed E-state index contributed by atoms with van der Waals surface area (Å²) in [5.41, 5.74) is 1.43. The van der Waals surface area contributed by atoms with Gasteiger partial charge in [-0.3, -0.25) is 0 Å². The second kappa shape index (κ2) is 6.41. The Labute approximate surface area is 122 Å². The first kappa shape index (κ1) is 13.6. The largest absolute Gasteiger partial charge is 0.310 e. The van der Waals surface area contributed by atoms with Gasteiger partial charge in [0.15, 0.2) is 0 Å². The van der Waals surface area contributed by atoms with E-state index in [9.17, 15) is 0 Å². The Hall–Kier alpha value is -1.34. The maximum atomic E-state index is 3.76. The third-order valence-corrected chi connectivity index (χ3v) is 4.73. The van der Waals surface area contributed by atoms with Gasteiger partial charge in [-0.25, -0.2) is 0 Å². The Bertz CT molecular complexity index is 549. The Morgan fingerprint density at radius 1 is 1.00 bits per heavy atom. The van der Waals surface area contributed by atoms with Gasteiger partial charge in [-0.1, -0.05) is 61.7 Å². The van der Waals surface area contributed by atoms with E-state index >= 15 is 0 Å². The zero-order chi connectivity index (χ0) is 13.8. The lowest BCUT2D eigenvalue weighted by Crippen LogP contribution is -2.27. The predicted molar refractivity (Wildman–Crippen MR) is 86.9 cm³/mol. The fraction of sp³-hybridized carbons (Fsp3) is 0.474. The van der Waals surface area contributed by atoms with Crippen LogP contribution in [0.1, 0.15) is 50.6 Å². The van der Waals surface area contributed by atoms with Crippen molar-refractivity contribution in [3.63, 3.8) is 0 Å². The highest BCUT2D eigenvalue weighted by atomic mass is 14.9. The molecule has 0 heterocycles. The summed E-state index contributed by atoms with van der Waals surface area (Å²) in [5, 5.41) is 6.49. The number of hydrogen-bond acceptors (Lipinski definition) is 1. The molecule has 0 amide bonds. The third kappa shape index (κ3) is 3.04. The van der Waals surface area contributed by atoms with E-state index in [-0.39, 0.29) is 0 Å². The fourth-order valence-corrected chi connectivity index (χ4v) is 3.47. The maximum absolute atomic E-state index is 3.76. The topological polar surface area (TPSA) is 12.0 Å². The van der Waals surface area contributed by atoms with E-state index in [1.165, 1.54) is 55.0 Å². The molecule has 1 aliphatic carbocycles. The van der Waals surface area contributed by atoms with Gasteiger partial charge in [-0.15, -0.1) is 0 Å². The molecule has 1 atom stereocenters. The van der Waals surface area contributed by atoms with Gasteiger partial charge in [0.25, 0.3) is 0 Å². The van der Waals surface area contributed by atoms with Crippen LogP contribution in [0.15, 0.2) is 42.5 Å². The number of hydrogen-bond donors (Lipinski definition) is 1. The van der Waals surface area contributed by atoms with Crippen LogP contribution in [0.25, 0.3) is 10.8 Å². The first-order valence-electron chi connectivity index (χ1n) is 8.05. The molecule has 1 aliphatic rings. The number of fused-ring (bicyclic) bond motifs is 1. The van der Waals surface area contributed by atoms with E-state index in [0.29, 0.717) is 6.04 Å². The number of benzene rings is 2. The van der Waals surface area contributed by atoms with Crippen LogP contribution in [0, 0.1) is 5.92 Å². The second-order valence-corrected chi connectivity index (χ2v) is 6.20. The average molecular weight is 267 g/mol. The molecule has 3 rings (SSSR count). The summed E-state index contributed by atoms with van der Waals surface area (Å²) in [5.74, 6) is 0.890. The fourth-order valence-electron chi connectivity index (χ4n) is 3.47. The standard InChI is InChI=1S/C19H25N/c1-15(20-14-16-8-3-2-4-9-16)18-13-7-11-17-10-5-6-12-19(17)18/h5-7,10-13,15-16,20H,2-4,8-9,14H2,1H3. The third-order valence-electron chi connectivity index (χ3n) is 4.73. The molecule has 0 radical (unpaired) electrons. The van der Waals surface area contributed by atoms with Gasteiger partial charge in [0.1, 0.15) is 0 Å². The van der Waals surface area contributed by atoms with E-state index in [1.54, 1.807) is 0 Å². The minimum atomic E-state index is 0.433. The minimum Gasteiger partial charge on any atom is -0.310 e. The summed E-state index contributed by atoms with van der Waals surface area (Å²) in [6.07, 6.45) is 7.11. The second-order valence-electron chi connectivity index (χ2n) is 6.20. The van der Waals surface area contributed by atoms with Crippen LogP contribution in [-0.2, 0) is 0 Å². The molecule has 0 aromatic heterocycles. The Balaban J connectivity index is 1.70. The zero-order valence-electron chi connectivity index (χ0n) is 12.4. The van der Waals surface area contributed by atoms with Gasteiger partial charge in [0.05, 0.1) is 0 Å². The van der Waals surface area contributed by atoms with Crippen molar-refractivity contribution in [2.75, 3.05) is 6.54 Å². The molecule has 1 unspecified atom stereocenters. The van der Waals surface area contributed by atoms with Crippen LogP contribution < -0.4 is 5.32 Å². The van der Waals surface area contributed by atoms with Crippen molar-refractivity contribution in [3.05, 3.63) is 48.0 Å². The van der Waals surface area contributed by atoms with Crippen molar-refractivity contribution in [3.8, 4) is 0 Å². The molecular formula is C19H25N. The van der Waals surface area contributed by atoms with E-state index < -0.39 is 0 Å². The lowest BCUT2D eigenvalue weighted by molar-refractivity contribution is 0.332. The van der Waals surface area contributed by atoms with Crippen LogP contribution in [0.2, 0.25) is 0 Å². The molecule has 1 N–H and O–H groups in total. The highest BCUT2D eigenvalue weighted by molar-refractivity contribution is 5.86. The highest BCUT2D eigenvalue weighted by Gasteiger charge is 2.15. The first-order chi connectivity index (χ1) is 9.84.